The fourth-order valence-electron chi connectivity index (χ4n) is 2.02. The van der Waals surface area contributed by atoms with E-state index in [-0.39, 0.29) is 5.04 Å². The fourth-order valence-corrected chi connectivity index (χ4v) is 3.56. The van der Waals surface area contributed by atoms with Crippen LogP contribution in [0.4, 0.5) is 4.79 Å². The van der Waals surface area contributed by atoms with Crippen LogP contribution in [0.1, 0.15) is 41.5 Å². The van der Waals surface area contributed by atoms with Crippen LogP contribution in [0.2, 0.25) is 18.1 Å². The molecule has 0 aliphatic rings. The molecule has 0 atom stereocenters. The highest BCUT2D eigenvalue weighted by Gasteiger charge is 2.39. The molecule has 5 nitrogen and oxygen atoms in total. The third kappa shape index (κ3) is 4.44. The van der Waals surface area contributed by atoms with Crippen LogP contribution in [0.25, 0.3) is 10.9 Å². The van der Waals surface area contributed by atoms with E-state index in [0.717, 1.165) is 15.6 Å². The van der Waals surface area contributed by atoms with E-state index in [2.05, 4.69) is 54.9 Å². The quantitative estimate of drug-likeness (QED) is 0.555. The second-order valence-electron chi connectivity index (χ2n) is 8.74. The molecule has 0 aliphatic carbocycles. The summed E-state index contributed by atoms with van der Waals surface area (Å²) in [5, 5.41) is 5.12. The van der Waals surface area contributed by atoms with Crippen molar-refractivity contribution < 1.29 is 14.0 Å². The predicted molar refractivity (Wildman–Crippen MR) is 107 cm³/mol. The number of carbonyl (C=O) groups is 1. The monoisotopic (exact) mass is 426 g/mol. The highest BCUT2D eigenvalue weighted by molar-refractivity contribution is 9.10. The molecule has 0 bridgehead atoms. The van der Waals surface area contributed by atoms with Crippen LogP contribution in [0.3, 0.4) is 0 Å². The zero-order valence-corrected chi connectivity index (χ0v) is 18.8. The van der Waals surface area contributed by atoms with E-state index in [1.165, 1.54) is 4.68 Å². The lowest BCUT2D eigenvalue weighted by molar-refractivity contribution is 0.0523. The minimum absolute atomic E-state index is 0.0832. The van der Waals surface area contributed by atoms with Gasteiger partial charge in [-0.1, -0.05) is 20.8 Å². The van der Waals surface area contributed by atoms with Crippen LogP contribution < -0.4 is 4.43 Å². The molecule has 25 heavy (non-hydrogen) atoms. The highest BCUT2D eigenvalue weighted by atomic mass is 79.9. The summed E-state index contributed by atoms with van der Waals surface area (Å²) in [4.78, 5) is 12.4. The molecule has 0 saturated heterocycles. The van der Waals surface area contributed by atoms with Gasteiger partial charge in [-0.3, -0.25) is 0 Å². The molecule has 2 rings (SSSR count). The van der Waals surface area contributed by atoms with Gasteiger partial charge >= 0.3 is 6.09 Å². The molecule has 1 aromatic carbocycles. The highest BCUT2D eigenvalue weighted by Crippen LogP contribution is 2.39. The van der Waals surface area contributed by atoms with Crippen molar-refractivity contribution in [3.8, 4) is 5.75 Å². The molecular formula is C18H27BrN2O3Si. The van der Waals surface area contributed by atoms with Gasteiger partial charge in [0.1, 0.15) is 11.4 Å². The molecule has 0 spiro atoms. The van der Waals surface area contributed by atoms with Crippen molar-refractivity contribution in [2.24, 2.45) is 0 Å². The summed E-state index contributed by atoms with van der Waals surface area (Å²) >= 11 is 3.56. The standard InChI is InChI=1S/C18H27BrN2O3Si/c1-17(2,3)23-16(22)21-15-10-12(9-14(19)13(15)11-20-21)24-25(7,8)18(4,5)6/h9-11H,1-8H3. The molecule has 0 radical (unpaired) electrons. The Balaban J connectivity index is 2.46. The number of carbonyl (C=O) groups excluding carboxylic acids is 1. The number of fused-ring (bicyclic) bond motifs is 1. The topological polar surface area (TPSA) is 53.4 Å². The Morgan fingerprint density at radius 2 is 1.76 bits per heavy atom. The summed E-state index contributed by atoms with van der Waals surface area (Å²) in [6, 6.07) is 3.79. The van der Waals surface area contributed by atoms with Crippen molar-refractivity contribution in [2.45, 2.75) is 65.3 Å². The summed E-state index contributed by atoms with van der Waals surface area (Å²) in [6.45, 7) is 16.5. The molecule has 0 unspecified atom stereocenters. The second kappa shape index (κ2) is 6.43. The number of rotatable bonds is 2. The van der Waals surface area contributed by atoms with E-state index >= 15 is 0 Å². The van der Waals surface area contributed by atoms with E-state index in [1.807, 2.05) is 32.9 Å². The maximum absolute atomic E-state index is 12.4. The molecule has 7 heteroatoms. The molecule has 138 valence electrons. The number of aromatic nitrogens is 2. The number of hydrogen-bond acceptors (Lipinski definition) is 4. The molecule has 1 heterocycles. The van der Waals surface area contributed by atoms with Gasteiger partial charge in [0.15, 0.2) is 0 Å². The molecule has 0 saturated carbocycles. The lowest BCUT2D eigenvalue weighted by Crippen LogP contribution is -2.43. The summed E-state index contributed by atoms with van der Waals surface area (Å²) < 4.78 is 13.9. The Bertz CT molecular complexity index is 801. The number of benzene rings is 1. The second-order valence-corrected chi connectivity index (χ2v) is 14.3. The minimum Gasteiger partial charge on any atom is -0.543 e. The smallest absolute Gasteiger partial charge is 0.435 e. The van der Waals surface area contributed by atoms with Crippen molar-refractivity contribution in [3.05, 3.63) is 22.8 Å². The van der Waals surface area contributed by atoms with Gasteiger partial charge in [-0.05, 0) is 60.9 Å². The molecule has 1 aromatic heterocycles. The number of ether oxygens (including phenoxy) is 1. The molecule has 0 N–H and O–H groups in total. The predicted octanol–water partition coefficient (Wildman–Crippen LogP) is 5.97. The van der Waals surface area contributed by atoms with Gasteiger partial charge in [-0.2, -0.15) is 9.78 Å². The third-order valence-corrected chi connectivity index (χ3v) is 9.37. The van der Waals surface area contributed by atoms with Gasteiger partial charge in [0, 0.05) is 15.9 Å². The summed E-state index contributed by atoms with van der Waals surface area (Å²) in [5.41, 5.74) is 0.0827. The molecular weight excluding hydrogens is 400 g/mol. The van der Waals surface area contributed by atoms with E-state index in [9.17, 15) is 4.79 Å². The van der Waals surface area contributed by atoms with Gasteiger partial charge in [0.05, 0.1) is 11.7 Å². The van der Waals surface area contributed by atoms with Crippen LogP contribution in [0.15, 0.2) is 22.8 Å². The van der Waals surface area contributed by atoms with E-state index < -0.39 is 20.0 Å². The van der Waals surface area contributed by atoms with Gasteiger partial charge in [-0.15, -0.1) is 0 Å². The fraction of sp³-hybridized carbons (Fsp3) is 0.556. The van der Waals surface area contributed by atoms with Crippen molar-refractivity contribution in [2.75, 3.05) is 0 Å². The first-order chi connectivity index (χ1) is 11.2. The van der Waals surface area contributed by atoms with Gasteiger partial charge in [-0.25, -0.2) is 4.79 Å². The van der Waals surface area contributed by atoms with Crippen LogP contribution >= 0.6 is 15.9 Å². The average Bonchev–Trinajstić information content (AvgIpc) is 2.78. The van der Waals surface area contributed by atoms with E-state index in [0.29, 0.717) is 5.52 Å². The summed E-state index contributed by atoms with van der Waals surface area (Å²) in [7, 11) is -1.99. The third-order valence-electron chi connectivity index (χ3n) is 4.36. The lowest BCUT2D eigenvalue weighted by Gasteiger charge is -2.36. The lowest BCUT2D eigenvalue weighted by atomic mass is 10.2. The first-order valence-electron chi connectivity index (χ1n) is 8.31. The van der Waals surface area contributed by atoms with Gasteiger partial charge < -0.3 is 9.16 Å². The molecule has 0 amide bonds. The van der Waals surface area contributed by atoms with Crippen LogP contribution in [0.5, 0.6) is 5.75 Å². The SMILES string of the molecule is CC(C)(C)OC(=O)n1ncc2c(Br)cc(O[Si](C)(C)C(C)(C)C)cc21. The molecule has 0 fully saturated rings. The van der Waals surface area contributed by atoms with Crippen LogP contribution in [-0.2, 0) is 4.74 Å². The van der Waals surface area contributed by atoms with E-state index in [4.69, 9.17) is 9.16 Å². The maximum Gasteiger partial charge on any atom is 0.435 e. The zero-order valence-electron chi connectivity index (χ0n) is 16.2. The van der Waals surface area contributed by atoms with Crippen molar-refractivity contribution in [1.29, 1.82) is 0 Å². The average molecular weight is 427 g/mol. The first kappa shape index (κ1) is 20.0. The minimum atomic E-state index is -1.99. The Kier molecular flexibility index (Phi) is 5.14. The molecule has 0 aliphatic heterocycles. The number of nitrogens with zero attached hydrogens (tertiary/aromatic N) is 2. The number of halogens is 1. The molecule has 2 aromatic rings. The Hall–Kier alpha value is -1.34. The van der Waals surface area contributed by atoms with E-state index in [1.54, 1.807) is 6.20 Å². The van der Waals surface area contributed by atoms with Crippen molar-refractivity contribution in [3.63, 3.8) is 0 Å². The van der Waals surface area contributed by atoms with Gasteiger partial charge in [0.2, 0.25) is 8.32 Å². The normalized spacial score (nSPS) is 13.2. The Morgan fingerprint density at radius 1 is 1.16 bits per heavy atom. The Morgan fingerprint density at radius 3 is 2.28 bits per heavy atom. The summed E-state index contributed by atoms with van der Waals surface area (Å²) in [6.07, 6.45) is 1.15. The summed E-state index contributed by atoms with van der Waals surface area (Å²) in [5.74, 6) is 0.733. The maximum atomic E-state index is 12.4. The van der Waals surface area contributed by atoms with Crippen molar-refractivity contribution in [1.82, 2.24) is 9.78 Å². The van der Waals surface area contributed by atoms with Crippen molar-refractivity contribution >= 4 is 41.2 Å². The van der Waals surface area contributed by atoms with Gasteiger partial charge in [0.25, 0.3) is 0 Å². The Labute approximate surface area is 158 Å². The first-order valence-corrected chi connectivity index (χ1v) is 12.0. The van der Waals surface area contributed by atoms with Crippen LogP contribution in [-0.4, -0.2) is 29.8 Å². The number of hydrogen-bond donors (Lipinski definition) is 0. The largest absolute Gasteiger partial charge is 0.543 e. The van der Waals surface area contributed by atoms with Crippen LogP contribution in [0, 0.1) is 0 Å². The zero-order chi connectivity index (χ0) is 19.2.